The summed E-state index contributed by atoms with van der Waals surface area (Å²) in [7, 11) is 0. The van der Waals surface area contributed by atoms with Gasteiger partial charge < -0.3 is 19.7 Å². The Morgan fingerprint density at radius 3 is 2.59 bits per heavy atom. The van der Waals surface area contributed by atoms with E-state index in [1.165, 1.54) is 0 Å². The van der Waals surface area contributed by atoms with Gasteiger partial charge in [0.15, 0.2) is 0 Å². The van der Waals surface area contributed by atoms with Crippen molar-refractivity contribution in [3.63, 3.8) is 0 Å². The molecule has 0 saturated carbocycles. The normalized spacial score (nSPS) is 20.8. The molecular weight excluding hydrogens is 410 g/mol. The maximum Gasteiger partial charge on any atom is 0.307 e. The lowest BCUT2D eigenvalue weighted by Crippen LogP contribution is -2.46. The van der Waals surface area contributed by atoms with Gasteiger partial charge in [0.2, 0.25) is 5.91 Å². The van der Waals surface area contributed by atoms with Crippen molar-refractivity contribution in [1.29, 1.82) is 0 Å². The van der Waals surface area contributed by atoms with E-state index in [1.807, 2.05) is 30.9 Å². The Morgan fingerprint density at radius 2 is 1.97 bits per heavy atom. The number of hydrogen-bond donors (Lipinski definition) is 1. The summed E-state index contributed by atoms with van der Waals surface area (Å²) >= 11 is 0. The fourth-order valence-corrected chi connectivity index (χ4v) is 4.46. The Balaban J connectivity index is 1.62. The van der Waals surface area contributed by atoms with Crippen molar-refractivity contribution in [1.82, 2.24) is 15.2 Å². The van der Waals surface area contributed by atoms with Gasteiger partial charge in [-0.3, -0.25) is 19.4 Å². The first kappa shape index (κ1) is 24.2. The number of esters is 1. The summed E-state index contributed by atoms with van der Waals surface area (Å²) in [5.74, 6) is -0.829. The fourth-order valence-electron chi connectivity index (χ4n) is 4.46. The summed E-state index contributed by atoms with van der Waals surface area (Å²) in [5, 5.41) is 2.92. The molecule has 0 aliphatic carbocycles. The average molecular weight is 446 g/mol. The number of aryl methyl sites for hydroxylation is 1. The number of carbonyl (C=O) groups excluding carboxylic acids is 3. The highest BCUT2D eigenvalue weighted by Crippen LogP contribution is 2.36. The summed E-state index contributed by atoms with van der Waals surface area (Å²) in [6, 6.07) is 3.69. The van der Waals surface area contributed by atoms with Crippen LogP contribution in [-0.2, 0) is 19.1 Å². The molecule has 2 amide bonds. The van der Waals surface area contributed by atoms with Crippen LogP contribution in [0.1, 0.15) is 74.1 Å². The summed E-state index contributed by atoms with van der Waals surface area (Å²) in [4.78, 5) is 44.0. The van der Waals surface area contributed by atoms with Crippen molar-refractivity contribution in [2.75, 3.05) is 32.8 Å². The highest BCUT2D eigenvalue weighted by molar-refractivity contribution is 5.95. The first-order valence-corrected chi connectivity index (χ1v) is 11.6. The molecule has 1 aromatic rings. The minimum absolute atomic E-state index is 0.0263. The van der Waals surface area contributed by atoms with Crippen molar-refractivity contribution in [3.05, 3.63) is 29.1 Å². The number of amides is 2. The Hall–Kier alpha value is -2.48. The van der Waals surface area contributed by atoms with Crippen LogP contribution >= 0.6 is 0 Å². The first-order valence-electron chi connectivity index (χ1n) is 11.6. The summed E-state index contributed by atoms with van der Waals surface area (Å²) in [6.07, 6.45) is 2.54. The maximum atomic E-state index is 13.0. The Labute approximate surface area is 190 Å². The van der Waals surface area contributed by atoms with Gasteiger partial charge in [-0.1, -0.05) is 6.92 Å². The van der Waals surface area contributed by atoms with E-state index >= 15 is 0 Å². The number of hydrogen-bond acceptors (Lipinski definition) is 6. The van der Waals surface area contributed by atoms with Crippen LogP contribution in [0.5, 0.6) is 0 Å². The minimum atomic E-state index is -0.769. The molecular formula is C24H35N3O5. The molecule has 0 radical (unpaired) electrons. The van der Waals surface area contributed by atoms with Gasteiger partial charge in [-0.05, 0) is 52.2 Å². The van der Waals surface area contributed by atoms with Crippen LogP contribution in [0.3, 0.4) is 0 Å². The molecule has 2 aliphatic heterocycles. The van der Waals surface area contributed by atoms with E-state index in [-0.39, 0.29) is 30.1 Å². The monoisotopic (exact) mass is 445 g/mol. The van der Waals surface area contributed by atoms with Crippen molar-refractivity contribution in [2.45, 2.75) is 64.9 Å². The third-order valence-corrected chi connectivity index (χ3v) is 6.27. The summed E-state index contributed by atoms with van der Waals surface area (Å²) in [5.41, 5.74) is 1.48. The van der Waals surface area contributed by atoms with Crippen LogP contribution in [0.15, 0.2) is 12.1 Å². The molecule has 0 aromatic carbocycles. The number of likely N-dealkylation sites (tertiary alicyclic amines) is 1. The largest absolute Gasteiger partial charge is 0.459 e. The zero-order valence-electron chi connectivity index (χ0n) is 19.6. The second kappa shape index (κ2) is 10.4. The van der Waals surface area contributed by atoms with Crippen LogP contribution in [0.4, 0.5) is 0 Å². The van der Waals surface area contributed by atoms with E-state index in [1.54, 1.807) is 13.8 Å². The number of cyclic esters (lactones) is 1. The number of nitrogens with one attached hydrogen (secondary N) is 1. The molecule has 1 unspecified atom stereocenters. The van der Waals surface area contributed by atoms with Crippen molar-refractivity contribution < 1.29 is 23.9 Å². The van der Waals surface area contributed by atoms with E-state index in [9.17, 15) is 14.4 Å². The van der Waals surface area contributed by atoms with E-state index in [4.69, 9.17) is 14.5 Å². The quantitative estimate of drug-likeness (QED) is 0.488. The second-order valence-corrected chi connectivity index (χ2v) is 9.19. The minimum Gasteiger partial charge on any atom is -0.459 e. The lowest BCUT2D eigenvalue weighted by atomic mass is 9.86. The van der Waals surface area contributed by atoms with Gasteiger partial charge in [-0.15, -0.1) is 0 Å². The molecule has 0 spiro atoms. The molecule has 2 aliphatic rings. The number of ether oxygens (including phenoxy) is 2. The molecule has 8 nitrogen and oxygen atoms in total. The topological polar surface area (TPSA) is 97.8 Å². The lowest BCUT2D eigenvalue weighted by Gasteiger charge is -2.35. The molecule has 0 bridgehead atoms. The average Bonchev–Trinajstić information content (AvgIpc) is 3.04. The number of aromatic nitrogens is 1. The SMILES string of the molecule is CCCOCCNC(=O)c1ccc(C)nc1C1CCN(C(=O)C2CC(=O)OC2(C)C)CC1. The van der Waals surface area contributed by atoms with Crippen molar-refractivity contribution in [3.8, 4) is 0 Å². The van der Waals surface area contributed by atoms with Crippen LogP contribution in [-0.4, -0.2) is 66.1 Å². The van der Waals surface area contributed by atoms with Gasteiger partial charge in [0.05, 0.1) is 30.2 Å². The number of carbonyl (C=O) groups is 3. The fraction of sp³-hybridized carbons (Fsp3) is 0.667. The van der Waals surface area contributed by atoms with Crippen molar-refractivity contribution >= 4 is 17.8 Å². The molecule has 3 rings (SSSR count). The molecule has 1 atom stereocenters. The highest BCUT2D eigenvalue weighted by atomic mass is 16.6. The van der Waals surface area contributed by atoms with Crippen LogP contribution in [0, 0.1) is 12.8 Å². The van der Waals surface area contributed by atoms with Crippen LogP contribution in [0.2, 0.25) is 0 Å². The summed E-state index contributed by atoms with van der Waals surface area (Å²) in [6.45, 7) is 10.3. The number of pyridine rings is 1. The molecule has 32 heavy (non-hydrogen) atoms. The molecule has 176 valence electrons. The number of rotatable bonds is 8. The molecule has 1 aromatic heterocycles. The van der Waals surface area contributed by atoms with E-state index < -0.39 is 11.5 Å². The first-order chi connectivity index (χ1) is 15.2. The molecule has 2 saturated heterocycles. The molecule has 8 heteroatoms. The van der Waals surface area contributed by atoms with Crippen molar-refractivity contribution in [2.24, 2.45) is 5.92 Å². The van der Waals surface area contributed by atoms with Gasteiger partial charge in [-0.2, -0.15) is 0 Å². The Morgan fingerprint density at radius 1 is 1.25 bits per heavy atom. The van der Waals surface area contributed by atoms with Gasteiger partial charge in [0.1, 0.15) is 5.60 Å². The van der Waals surface area contributed by atoms with E-state index in [0.29, 0.717) is 38.4 Å². The summed E-state index contributed by atoms with van der Waals surface area (Å²) < 4.78 is 10.8. The zero-order chi connectivity index (χ0) is 23.3. The van der Waals surface area contributed by atoms with E-state index in [0.717, 1.165) is 30.7 Å². The standard InChI is InChI=1S/C24H35N3O5/c1-5-13-31-14-10-25-22(29)18-7-6-16(2)26-21(18)17-8-11-27(12-9-17)23(30)19-15-20(28)32-24(19,3)4/h6-7,17,19H,5,8-15H2,1-4H3,(H,25,29). The van der Waals surface area contributed by atoms with Gasteiger partial charge in [0, 0.05) is 37.9 Å². The van der Waals surface area contributed by atoms with E-state index in [2.05, 4.69) is 5.32 Å². The van der Waals surface area contributed by atoms with Crippen LogP contribution < -0.4 is 5.32 Å². The molecule has 3 heterocycles. The predicted molar refractivity (Wildman–Crippen MR) is 119 cm³/mol. The highest BCUT2D eigenvalue weighted by Gasteiger charge is 2.48. The van der Waals surface area contributed by atoms with Gasteiger partial charge in [0.25, 0.3) is 5.91 Å². The molecule has 2 fully saturated rings. The number of piperidine rings is 1. The lowest BCUT2D eigenvalue weighted by molar-refractivity contribution is -0.149. The Bertz CT molecular complexity index is 846. The van der Waals surface area contributed by atoms with Gasteiger partial charge in [-0.25, -0.2) is 0 Å². The predicted octanol–water partition coefficient (Wildman–Crippen LogP) is 2.59. The Kier molecular flexibility index (Phi) is 7.87. The third-order valence-electron chi connectivity index (χ3n) is 6.27. The zero-order valence-corrected chi connectivity index (χ0v) is 19.6. The maximum absolute atomic E-state index is 13.0. The molecule has 1 N–H and O–H groups in total. The van der Waals surface area contributed by atoms with Crippen LogP contribution in [0.25, 0.3) is 0 Å². The second-order valence-electron chi connectivity index (χ2n) is 9.19. The smallest absolute Gasteiger partial charge is 0.307 e. The third kappa shape index (κ3) is 5.65. The number of nitrogens with zero attached hydrogens (tertiary/aromatic N) is 2. The van der Waals surface area contributed by atoms with Gasteiger partial charge >= 0.3 is 5.97 Å².